The fraction of sp³-hybridized carbons (Fsp3) is 0.590. The van der Waals surface area contributed by atoms with Crippen LogP contribution in [0, 0.1) is 0 Å². The van der Waals surface area contributed by atoms with Gasteiger partial charge in [-0.3, -0.25) is 14.4 Å². The molecule has 6 heteroatoms. The molecule has 0 saturated carbocycles. The second-order valence-corrected chi connectivity index (χ2v) is 17.0. The van der Waals surface area contributed by atoms with E-state index < -0.39 is 12.1 Å². The van der Waals surface area contributed by atoms with Crippen molar-refractivity contribution >= 4 is 17.9 Å². The van der Waals surface area contributed by atoms with Crippen molar-refractivity contribution < 1.29 is 28.6 Å². The van der Waals surface area contributed by atoms with Gasteiger partial charge < -0.3 is 14.2 Å². The monoisotopic (exact) mass is 925 g/mol. The van der Waals surface area contributed by atoms with Crippen LogP contribution in [0.25, 0.3) is 0 Å². The van der Waals surface area contributed by atoms with Crippen molar-refractivity contribution in [2.24, 2.45) is 0 Å². The standard InChI is InChI=1S/C61H96O6/c1-4-7-10-13-16-19-22-25-28-30-33-36-39-42-45-48-51-54-60(63)66-57-58(56-65-59(62)53-50-47-44-41-38-35-32-27-24-21-18-15-12-9-6-3)67-61(64)55-52-49-46-43-40-37-34-31-29-26-23-20-17-14-11-8-5-2/h8,11,16-21,25-29,32-34,36-37,42-43,45-46,58H,4-7,9-10,12-15,22-24,30-31,35,38-41,44,47-57H2,1-3H3/b11-8-,19-16-,20-17-,21-18-,28-25-,29-26-,32-27-,36-33-,37-34-,45-42-,46-43-/t58-/m0/s1. The zero-order valence-electron chi connectivity index (χ0n) is 42.9. The largest absolute Gasteiger partial charge is 0.462 e. The van der Waals surface area contributed by atoms with Gasteiger partial charge in [0.25, 0.3) is 0 Å². The highest BCUT2D eigenvalue weighted by Gasteiger charge is 2.19. The summed E-state index contributed by atoms with van der Waals surface area (Å²) in [5.74, 6) is -1.07. The lowest BCUT2D eigenvalue weighted by Gasteiger charge is -2.18. The van der Waals surface area contributed by atoms with Crippen LogP contribution in [0.2, 0.25) is 0 Å². The summed E-state index contributed by atoms with van der Waals surface area (Å²) in [5, 5.41) is 0. The predicted molar refractivity (Wildman–Crippen MR) is 288 cm³/mol. The summed E-state index contributed by atoms with van der Waals surface area (Å²) >= 11 is 0. The molecule has 6 nitrogen and oxygen atoms in total. The maximum absolute atomic E-state index is 12.8. The number of carbonyl (C=O) groups excluding carboxylic acids is 3. The molecule has 67 heavy (non-hydrogen) atoms. The van der Waals surface area contributed by atoms with E-state index in [9.17, 15) is 14.4 Å². The van der Waals surface area contributed by atoms with Crippen LogP contribution in [0.3, 0.4) is 0 Å². The Morgan fingerprint density at radius 1 is 0.313 bits per heavy atom. The average Bonchev–Trinajstić information content (AvgIpc) is 3.33. The third-order valence-corrected chi connectivity index (χ3v) is 10.6. The molecular weight excluding hydrogens is 829 g/mol. The van der Waals surface area contributed by atoms with Crippen molar-refractivity contribution in [3.8, 4) is 0 Å². The maximum atomic E-state index is 12.8. The first-order chi connectivity index (χ1) is 33.0. The topological polar surface area (TPSA) is 78.9 Å². The Morgan fingerprint density at radius 3 is 0.970 bits per heavy atom. The second-order valence-electron chi connectivity index (χ2n) is 17.0. The normalized spacial score (nSPS) is 13.2. The summed E-state index contributed by atoms with van der Waals surface area (Å²) in [6.45, 7) is 6.34. The lowest BCUT2D eigenvalue weighted by atomic mass is 10.1. The highest BCUT2D eigenvalue weighted by molar-refractivity contribution is 5.71. The number of carbonyl (C=O) groups is 3. The number of allylic oxidation sites excluding steroid dienone is 22. The molecule has 0 N–H and O–H groups in total. The summed E-state index contributed by atoms with van der Waals surface area (Å²) < 4.78 is 16.7. The summed E-state index contributed by atoms with van der Waals surface area (Å²) in [6.07, 6.45) is 75.8. The van der Waals surface area contributed by atoms with E-state index in [1.54, 1.807) is 0 Å². The van der Waals surface area contributed by atoms with E-state index in [0.717, 1.165) is 109 Å². The van der Waals surface area contributed by atoms with Gasteiger partial charge in [-0.05, 0) is 128 Å². The van der Waals surface area contributed by atoms with E-state index in [0.29, 0.717) is 19.3 Å². The van der Waals surface area contributed by atoms with Gasteiger partial charge in [-0.2, -0.15) is 0 Å². The Hall–Kier alpha value is -4.45. The first kappa shape index (κ1) is 62.5. The fourth-order valence-electron chi connectivity index (χ4n) is 6.62. The number of hydrogen-bond acceptors (Lipinski definition) is 6. The summed E-state index contributed by atoms with van der Waals surface area (Å²) in [6, 6.07) is 0. The zero-order chi connectivity index (χ0) is 48.6. The molecule has 0 bridgehead atoms. The SMILES string of the molecule is CC/C=C\C/C=C\C/C=C\C/C=C\C/C=C\CCCC(=O)O[C@H](COC(=O)CCC/C=C\C/C=C\C/C=C\C/C=C\CCCCC)COC(=O)CCCCCCC/C=C\C/C=C\CCCCC. The Balaban J connectivity index is 4.62. The number of hydrogen-bond donors (Lipinski definition) is 0. The first-order valence-electron chi connectivity index (χ1n) is 26.7. The lowest BCUT2D eigenvalue weighted by Crippen LogP contribution is -2.30. The molecule has 0 amide bonds. The average molecular weight is 925 g/mol. The van der Waals surface area contributed by atoms with Crippen molar-refractivity contribution in [2.75, 3.05) is 13.2 Å². The summed E-state index contributed by atoms with van der Waals surface area (Å²) in [4.78, 5) is 38.0. The Kier molecular flexibility index (Phi) is 50.6. The van der Waals surface area contributed by atoms with Gasteiger partial charge in [0.05, 0.1) is 0 Å². The fourth-order valence-corrected chi connectivity index (χ4v) is 6.62. The second kappa shape index (κ2) is 54.2. The van der Waals surface area contributed by atoms with Gasteiger partial charge in [0, 0.05) is 19.3 Å². The molecule has 0 heterocycles. The van der Waals surface area contributed by atoms with E-state index in [1.807, 2.05) is 0 Å². The van der Waals surface area contributed by atoms with Crippen molar-refractivity contribution in [1.29, 1.82) is 0 Å². The molecule has 0 aromatic carbocycles. The van der Waals surface area contributed by atoms with Gasteiger partial charge in [-0.25, -0.2) is 0 Å². The van der Waals surface area contributed by atoms with Crippen LogP contribution < -0.4 is 0 Å². The van der Waals surface area contributed by atoms with E-state index in [4.69, 9.17) is 14.2 Å². The van der Waals surface area contributed by atoms with E-state index >= 15 is 0 Å². The van der Waals surface area contributed by atoms with Gasteiger partial charge in [0.1, 0.15) is 13.2 Å². The molecule has 0 fully saturated rings. The minimum absolute atomic E-state index is 0.130. The molecule has 376 valence electrons. The molecule has 0 aromatic heterocycles. The molecule has 0 aliphatic heterocycles. The van der Waals surface area contributed by atoms with Crippen molar-refractivity contribution in [3.05, 3.63) is 134 Å². The van der Waals surface area contributed by atoms with Crippen LogP contribution in [0.4, 0.5) is 0 Å². The zero-order valence-corrected chi connectivity index (χ0v) is 42.9. The molecule has 0 unspecified atom stereocenters. The Morgan fingerprint density at radius 2 is 0.597 bits per heavy atom. The molecular formula is C61H96O6. The van der Waals surface area contributed by atoms with E-state index in [2.05, 4.69) is 154 Å². The highest BCUT2D eigenvalue weighted by atomic mass is 16.6. The van der Waals surface area contributed by atoms with Crippen LogP contribution in [-0.4, -0.2) is 37.2 Å². The van der Waals surface area contributed by atoms with Gasteiger partial charge in [-0.1, -0.05) is 199 Å². The predicted octanol–water partition coefficient (Wildman–Crippen LogP) is 17.9. The third kappa shape index (κ3) is 52.4. The number of rotatable bonds is 46. The molecule has 0 rings (SSSR count). The van der Waals surface area contributed by atoms with E-state index in [1.165, 1.54) is 51.4 Å². The van der Waals surface area contributed by atoms with Crippen LogP contribution in [0.1, 0.15) is 213 Å². The van der Waals surface area contributed by atoms with Crippen molar-refractivity contribution in [1.82, 2.24) is 0 Å². The molecule has 0 spiro atoms. The van der Waals surface area contributed by atoms with Crippen LogP contribution >= 0.6 is 0 Å². The molecule has 0 aliphatic carbocycles. The van der Waals surface area contributed by atoms with Crippen LogP contribution in [-0.2, 0) is 28.6 Å². The summed E-state index contributed by atoms with van der Waals surface area (Å²) in [7, 11) is 0. The lowest BCUT2D eigenvalue weighted by molar-refractivity contribution is -0.167. The first-order valence-corrected chi connectivity index (χ1v) is 26.7. The van der Waals surface area contributed by atoms with Crippen molar-refractivity contribution in [3.63, 3.8) is 0 Å². The minimum Gasteiger partial charge on any atom is -0.462 e. The van der Waals surface area contributed by atoms with Gasteiger partial charge in [0.2, 0.25) is 0 Å². The molecule has 0 aliphatic rings. The highest BCUT2D eigenvalue weighted by Crippen LogP contribution is 2.11. The van der Waals surface area contributed by atoms with E-state index in [-0.39, 0.29) is 38.0 Å². The minimum atomic E-state index is -0.841. The maximum Gasteiger partial charge on any atom is 0.306 e. The smallest absolute Gasteiger partial charge is 0.306 e. The number of ether oxygens (including phenoxy) is 3. The molecule has 1 atom stereocenters. The number of esters is 3. The van der Waals surface area contributed by atoms with Crippen LogP contribution in [0.5, 0.6) is 0 Å². The van der Waals surface area contributed by atoms with Gasteiger partial charge in [-0.15, -0.1) is 0 Å². The molecule has 0 aromatic rings. The molecule has 0 saturated heterocycles. The number of unbranched alkanes of at least 4 members (excludes halogenated alkanes) is 13. The van der Waals surface area contributed by atoms with Crippen molar-refractivity contribution in [2.45, 2.75) is 219 Å². The molecule has 0 radical (unpaired) electrons. The van der Waals surface area contributed by atoms with Gasteiger partial charge >= 0.3 is 17.9 Å². The summed E-state index contributed by atoms with van der Waals surface area (Å²) in [5.41, 5.74) is 0. The van der Waals surface area contributed by atoms with Crippen LogP contribution in [0.15, 0.2) is 134 Å². The Bertz CT molecular complexity index is 1480. The van der Waals surface area contributed by atoms with Gasteiger partial charge in [0.15, 0.2) is 6.10 Å². The Labute approximate surface area is 411 Å². The quantitative estimate of drug-likeness (QED) is 0.0262. The third-order valence-electron chi connectivity index (χ3n) is 10.6.